The average molecular weight is 464 g/mol. The highest BCUT2D eigenvalue weighted by Gasteiger charge is 2.24. The molecule has 0 unspecified atom stereocenters. The highest BCUT2D eigenvalue weighted by molar-refractivity contribution is 9.10. The van der Waals surface area contributed by atoms with E-state index < -0.39 is 16.5 Å². The second kappa shape index (κ2) is 8.63. The largest absolute Gasteiger partial charge is 0.355 e. The fourth-order valence-electron chi connectivity index (χ4n) is 2.21. The molecule has 9 nitrogen and oxygen atoms in total. The van der Waals surface area contributed by atoms with E-state index in [0.29, 0.717) is 16.3 Å². The van der Waals surface area contributed by atoms with Gasteiger partial charge in [-0.15, -0.1) is 0 Å². The Morgan fingerprint density at radius 2 is 1.75 bits per heavy atom. The van der Waals surface area contributed by atoms with Crippen molar-refractivity contribution in [2.75, 3.05) is 10.7 Å². The van der Waals surface area contributed by atoms with Crippen LogP contribution in [0.2, 0.25) is 5.02 Å². The van der Waals surface area contributed by atoms with Crippen LogP contribution in [0.4, 0.5) is 23.0 Å². The maximum Gasteiger partial charge on any atom is 0.355 e. The number of benzene rings is 2. The van der Waals surface area contributed by atoms with Crippen LogP contribution in [0, 0.1) is 10.1 Å². The van der Waals surface area contributed by atoms with Gasteiger partial charge in [-0.3, -0.25) is 25.8 Å². The third-order valence-corrected chi connectivity index (χ3v) is 4.39. The van der Waals surface area contributed by atoms with Crippen molar-refractivity contribution in [3.05, 3.63) is 80.0 Å². The fourth-order valence-corrected chi connectivity index (χ4v) is 2.66. The summed E-state index contributed by atoms with van der Waals surface area (Å²) in [5.74, 6) is -0.741. The molecule has 0 saturated heterocycles. The predicted octanol–water partition coefficient (Wildman–Crippen LogP) is 4.30. The van der Waals surface area contributed by atoms with E-state index in [9.17, 15) is 14.9 Å². The minimum Gasteiger partial charge on any atom is -0.333 e. The third-order valence-electron chi connectivity index (χ3n) is 3.53. The molecular formula is C17H12BrClN6O3. The van der Waals surface area contributed by atoms with Gasteiger partial charge in [0.1, 0.15) is 6.33 Å². The molecule has 3 N–H and O–H groups in total. The predicted molar refractivity (Wildman–Crippen MR) is 109 cm³/mol. The molecule has 142 valence electrons. The number of nitrogens with one attached hydrogen (secondary N) is 3. The highest BCUT2D eigenvalue weighted by Crippen LogP contribution is 2.32. The van der Waals surface area contributed by atoms with E-state index in [1.807, 2.05) is 0 Å². The molecule has 0 aliphatic rings. The first-order valence-electron chi connectivity index (χ1n) is 7.78. The van der Waals surface area contributed by atoms with Crippen LogP contribution in [0.25, 0.3) is 0 Å². The van der Waals surface area contributed by atoms with Gasteiger partial charge in [-0.05, 0) is 36.4 Å². The van der Waals surface area contributed by atoms with E-state index in [2.05, 4.69) is 42.1 Å². The van der Waals surface area contributed by atoms with Crippen LogP contribution in [-0.4, -0.2) is 20.8 Å². The molecular weight excluding hydrogens is 452 g/mol. The van der Waals surface area contributed by atoms with Crippen LogP contribution in [0.5, 0.6) is 0 Å². The molecule has 3 rings (SSSR count). The van der Waals surface area contributed by atoms with Crippen LogP contribution in [0.1, 0.15) is 10.4 Å². The fraction of sp³-hybridized carbons (Fsp3) is 0. The van der Waals surface area contributed by atoms with Gasteiger partial charge in [0.25, 0.3) is 5.91 Å². The zero-order valence-electron chi connectivity index (χ0n) is 14.0. The lowest BCUT2D eigenvalue weighted by Crippen LogP contribution is -2.30. The van der Waals surface area contributed by atoms with Crippen molar-refractivity contribution < 1.29 is 9.72 Å². The third kappa shape index (κ3) is 4.53. The zero-order valence-corrected chi connectivity index (χ0v) is 16.4. The summed E-state index contributed by atoms with van der Waals surface area (Å²) in [7, 11) is 0. The molecule has 11 heteroatoms. The summed E-state index contributed by atoms with van der Waals surface area (Å²) in [6, 6.07) is 13.3. The molecule has 0 aliphatic carbocycles. The van der Waals surface area contributed by atoms with Crippen LogP contribution in [-0.2, 0) is 0 Å². The van der Waals surface area contributed by atoms with E-state index in [1.54, 1.807) is 48.5 Å². The molecule has 3 aromatic rings. The SMILES string of the molecule is O=C(NNc1ncnc(Nc2ccccc2Cl)c1[N+](=O)[O-])c1ccc(Br)cc1. The first-order chi connectivity index (χ1) is 13.5. The number of hydrogen-bond donors (Lipinski definition) is 3. The number of halogens is 2. The first-order valence-corrected chi connectivity index (χ1v) is 8.95. The number of carbonyl (C=O) groups excluding carboxylic acids is 1. The van der Waals surface area contributed by atoms with Gasteiger partial charge in [0.2, 0.25) is 11.6 Å². The Morgan fingerprint density at radius 1 is 1.07 bits per heavy atom. The summed E-state index contributed by atoms with van der Waals surface area (Å²) >= 11 is 9.36. The van der Waals surface area contributed by atoms with Gasteiger partial charge in [0, 0.05) is 10.0 Å². The Hall–Kier alpha value is -3.24. The van der Waals surface area contributed by atoms with Crippen LogP contribution < -0.4 is 16.2 Å². The maximum atomic E-state index is 12.2. The Labute approximate surface area is 172 Å². The summed E-state index contributed by atoms with van der Waals surface area (Å²) in [5.41, 5.74) is 5.21. The van der Waals surface area contributed by atoms with Crippen molar-refractivity contribution in [2.24, 2.45) is 0 Å². The van der Waals surface area contributed by atoms with Gasteiger partial charge in [0.05, 0.1) is 15.6 Å². The smallest absolute Gasteiger partial charge is 0.333 e. The normalized spacial score (nSPS) is 10.2. The molecule has 0 aliphatic heterocycles. The second-order valence-electron chi connectivity index (χ2n) is 5.37. The van der Waals surface area contributed by atoms with Gasteiger partial charge >= 0.3 is 5.69 Å². The van der Waals surface area contributed by atoms with E-state index in [4.69, 9.17) is 11.6 Å². The Kier molecular flexibility index (Phi) is 6.02. The Balaban J connectivity index is 1.83. The topological polar surface area (TPSA) is 122 Å². The summed E-state index contributed by atoms with van der Waals surface area (Å²) < 4.78 is 0.818. The minimum atomic E-state index is -0.659. The van der Waals surface area contributed by atoms with Crippen molar-refractivity contribution >= 4 is 56.4 Å². The van der Waals surface area contributed by atoms with Crippen molar-refractivity contribution in [1.29, 1.82) is 0 Å². The summed E-state index contributed by atoms with van der Waals surface area (Å²) in [4.78, 5) is 30.9. The minimum absolute atomic E-state index is 0.0755. The van der Waals surface area contributed by atoms with Gasteiger partial charge in [-0.2, -0.15) is 0 Å². The zero-order chi connectivity index (χ0) is 20.1. The number of anilines is 3. The monoisotopic (exact) mass is 462 g/mol. The highest BCUT2D eigenvalue weighted by atomic mass is 79.9. The van der Waals surface area contributed by atoms with E-state index >= 15 is 0 Å². The van der Waals surface area contributed by atoms with Gasteiger partial charge in [-0.1, -0.05) is 39.7 Å². The quantitative estimate of drug-likeness (QED) is 0.368. The molecule has 0 saturated carbocycles. The summed E-state index contributed by atoms with van der Waals surface area (Å²) in [6.07, 6.45) is 1.13. The Morgan fingerprint density at radius 3 is 2.43 bits per heavy atom. The number of aromatic nitrogens is 2. The summed E-state index contributed by atoms with van der Waals surface area (Å²) in [5, 5.41) is 14.7. The van der Waals surface area contributed by atoms with E-state index in [-0.39, 0.29) is 11.6 Å². The number of hydrogen-bond acceptors (Lipinski definition) is 7. The molecule has 0 spiro atoms. The van der Waals surface area contributed by atoms with Crippen LogP contribution in [0.3, 0.4) is 0 Å². The lowest BCUT2D eigenvalue weighted by atomic mass is 10.2. The number of hydrazine groups is 1. The number of para-hydroxylation sites is 1. The Bertz CT molecular complexity index is 1030. The molecule has 1 heterocycles. The second-order valence-corrected chi connectivity index (χ2v) is 6.69. The average Bonchev–Trinajstić information content (AvgIpc) is 2.68. The maximum absolute atomic E-state index is 12.2. The number of rotatable bonds is 6. The standard InChI is InChI=1S/C17H12BrClN6O3/c18-11-7-5-10(6-8-11)17(26)24-23-16-14(25(27)28)15(20-9-21-16)22-13-4-2-1-3-12(13)19/h1-9H,(H,24,26)(H2,20,21,22,23). The van der Waals surface area contributed by atoms with Crippen LogP contribution >= 0.6 is 27.5 Å². The molecule has 0 radical (unpaired) electrons. The summed E-state index contributed by atoms with van der Waals surface area (Å²) in [6.45, 7) is 0. The molecule has 0 fully saturated rings. The number of amides is 1. The molecule has 1 amide bonds. The number of nitro groups is 1. The first kappa shape index (κ1) is 19.5. The number of carbonyl (C=O) groups is 1. The molecule has 0 bridgehead atoms. The van der Waals surface area contributed by atoms with Gasteiger partial charge in [0.15, 0.2) is 0 Å². The van der Waals surface area contributed by atoms with Gasteiger partial charge < -0.3 is 5.32 Å². The van der Waals surface area contributed by atoms with Crippen molar-refractivity contribution in [1.82, 2.24) is 15.4 Å². The molecule has 28 heavy (non-hydrogen) atoms. The lowest BCUT2D eigenvalue weighted by molar-refractivity contribution is -0.383. The van der Waals surface area contributed by atoms with E-state index in [1.165, 1.54) is 0 Å². The van der Waals surface area contributed by atoms with Crippen LogP contribution in [0.15, 0.2) is 59.3 Å². The molecule has 2 aromatic carbocycles. The lowest BCUT2D eigenvalue weighted by Gasteiger charge is -2.11. The van der Waals surface area contributed by atoms with Gasteiger partial charge in [-0.25, -0.2) is 9.97 Å². The van der Waals surface area contributed by atoms with Crippen molar-refractivity contribution in [3.63, 3.8) is 0 Å². The molecule has 1 aromatic heterocycles. The number of nitrogens with zero attached hydrogens (tertiary/aromatic N) is 3. The van der Waals surface area contributed by atoms with E-state index in [0.717, 1.165) is 10.8 Å². The molecule has 0 atom stereocenters. The van der Waals surface area contributed by atoms with Crippen molar-refractivity contribution in [2.45, 2.75) is 0 Å². The van der Waals surface area contributed by atoms with Crippen molar-refractivity contribution in [3.8, 4) is 0 Å².